The van der Waals surface area contributed by atoms with Crippen molar-refractivity contribution in [1.29, 1.82) is 0 Å². The van der Waals surface area contributed by atoms with E-state index in [1.165, 1.54) is 13.2 Å². The maximum absolute atomic E-state index is 14.6. The molecule has 1 nitrogen and oxygen atoms in total. The van der Waals surface area contributed by atoms with Crippen LogP contribution in [0.15, 0.2) is 30.3 Å². The van der Waals surface area contributed by atoms with Gasteiger partial charge in [0, 0.05) is 5.56 Å². The average molecular weight is 304 g/mol. The lowest BCUT2D eigenvalue weighted by Crippen LogP contribution is -2.06. The lowest BCUT2D eigenvalue weighted by atomic mass is 9.91. The van der Waals surface area contributed by atoms with Crippen LogP contribution < -0.4 is 4.74 Å². The minimum Gasteiger partial charge on any atom is -0.496 e. The maximum atomic E-state index is 14.6. The topological polar surface area (TPSA) is 9.23 Å². The number of benzene rings is 2. The first kappa shape index (κ1) is 16.5. The summed E-state index contributed by atoms with van der Waals surface area (Å²) < 4.78 is 33.8. The number of aryl methyl sites for hydroxylation is 1. The Labute approximate surface area is 130 Å². The molecule has 3 heteroatoms. The highest BCUT2D eigenvalue weighted by atomic mass is 19.1. The standard InChI is InChI=1S/C19H22F2O/c1-5-15-18(22-4)9-7-14(19(15)21)11-13(3)16-8-6-12(2)10-17(16)20/h6-10,13H,5,11H2,1-4H3. The van der Waals surface area contributed by atoms with E-state index in [9.17, 15) is 8.78 Å². The predicted molar refractivity (Wildman–Crippen MR) is 85.6 cm³/mol. The third-order valence-electron chi connectivity index (χ3n) is 4.07. The van der Waals surface area contributed by atoms with E-state index >= 15 is 0 Å². The summed E-state index contributed by atoms with van der Waals surface area (Å²) in [5.41, 5.74) is 2.69. The maximum Gasteiger partial charge on any atom is 0.133 e. The third kappa shape index (κ3) is 3.29. The first-order valence-corrected chi connectivity index (χ1v) is 7.58. The molecule has 2 aromatic carbocycles. The van der Waals surface area contributed by atoms with Gasteiger partial charge in [0.25, 0.3) is 0 Å². The predicted octanol–water partition coefficient (Wildman–Crippen LogP) is 5.19. The third-order valence-corrected chi connectivity index (χ3v) is 4.07. The molecular weight excluding hydrogens is 282 g/mol. The van der Waals surface area contributed by atoms with Crippen LogP contribution in [0.1, 0.15) is 42.0 Å². The molecule has 0 heterocycles. The number of halogens is 2. The molecular formula is C19H22F2O. The van der Waals surface area contributed by atoms with Crippen molar-refractivity contribution >= 4 is 0 Å². The van der Waals surface area contributed by atoms with Gasteiger partial charge in [-0.05, 0) is 54.5 Å². The van der Waals surface area contributed by atoms with Gasteiger partial charge in [0.2, 0.25) is 0 Å². The molecule has 0 aliphatic carbocycles. The number of hydrogen-bond donors (Lipinski definition) is 0. The first-order chi connectivity index (χ1) is 10.5. The minimum absolute atomic E-state index is 0.0896. The molecule has 2 aromatic rings. The van der Waals surface area contributed by atoms with E-state index in [1.54, 1.807) is 18.2 Å². The summed E-state index contributed by atoms with van der Waals surface area (Å²) >= 11 is 0. The van der Waals surface area contributed by atoms with Gasteiger partial charge in [-0.1, -0.05) is 32.0 Å². The normalized spacial score (nSPS) is 12.3. The number of hydrogen-bond acceptors (Lipinski definition) is 1. The van der Waals surface area contributed by atoms with Crippen molar-refractivity contribution in [3.05, 3.63) is 64.2 Å². The second-order valence-electron chi connectivity index (χ2n) is 5.70. The van der Waals surface area contributed by atoms with Gasteiger partial charge in [-0.15, -0.1) is 0 Å². The minimum atomic E-state index is -0.235. The van der Waals surface area contributed by atoms with Crippen molar-refractivity contribution < 1.29 is 13.5 Å². The van der Waals surface area contributed by atoms with Crippen LogP contribution >= 0.6 is 0 Å². The number of rotatable bonds is 5. The Kier molecular flexibility index (Phi) is 5.17. The Bertz CT molecular complexity index is 665. The highest BCUT2D eigenvalue weighted by Gasteiger charge is 2.17. The zero-order valence-electron chi connectivity index (χ0n) is 13.5. The molecule has 0 saturated carbocycles. The second kappa shape index (κ2) is 6.91. The van der Waals surface area contributed by atoms with E-state index in [0.717, 1.165) is 5.56 Å². The van der Waals surface area contributed by atoms with E-state index in [4.69, 9.17) is 4.74 Å². The molecule has 0 fully saturated rings. The fourth-order valence-electron chi connectivity index (χ4n) is 2.80. The summed E-state index contributed by atoms with van der Waals surface area (Å²) in [6.07, 6.45) is 1.03. The largest absolute Gasteiger partial charge is 0.496 e. The SMILES string of the molecule is CCc1c(OC)ccc(CC(C)c2ccc(C)cc2F)c1F. The molecule has 0 aromatic heterocycles. The van der Waals surface area contributed by atoms with Crippen molar-refractivity contribution in [1.82, 2.24) is 0 Å². The van der Waals surface area contributed by atoms with E-state index in [-0.39, 0.29) is 17.6 Å². The van der Waals surface area contributed by atoms with Crippen LogP contribution in [0.2, 0.25) is 0 Å². The van der Waals surface area contributed by atoms with Crippen LogP contribution in [0.3, 0.4) is 0 Å². The summed E-state index contributed by atoms with van der Waals surface area (Å²) in [7, 11) is 1.54. The Hall–Kier alpha value is -1.90. The molecule has 0 radical (unpaired) electrons. The van der Waals surface area contributed by atoms with Crippen LogP contribution in [-0.4, -0.2) is 7.11 Å². The van der Waals surface area contributed by atoms with E-state index in [1.807, 2.05) is 26.8 Å². The second-order valence-corrected chi connectivity index (χ2v) is 5.70. The van der Waals surface area contributed by atoms with Crippen LogP contribution in [0, 0.1) is 18.6 Å². The molecule has 0 amide bonds. The fourth-order valence-corrected chi connectivity index (χ4v) is 2.80. The monoisotopic (exact) mass is 304 g/mol. The Morgan fingerprint density at radius 2 is 1.86 bits per heavy atom. The van der Waals surface area contributed by atoms with Gasteiger partial charge in [0.1, 0.15) is 17.4 Å². The highest BCUT2D eigenvalue weighted by molar-refractivity contribution is 5.40. The van der Waals surface area contributed by atoms with Gasteiger partial charge in [-0.3, -0.25) is 0 Å². The zero-order chi connectivity index (χ0) is 16.3. The lowest BCUT2D eigenvalue weighted by Gasteiger charge is -2.16. The molecule has 118 valence electrons. The molecule has 0 saturated heterocycles. The van der Waals surface area contributed by atoms with Crippen LogP contribution in [0.25, 0.3) is 0 Å². The lowest BCUT2D eigenvalue weighted by molar-refractivity contribution is 0.404. The summed E-state index contributed by atoms with van der Waals surface area (Å²) in [5, 5.41) is 0. The van der Waals surface area contributed by atoms with E-state index < -0.39 is 0 Å². The number of ether oxygens (including phenoxy) is 1. The molecule has 22 heavy (non-hydrogen) atoms. The van der Waals surface area contributed by atoms with Crippen molar-refractivity contribution in [2.24, 2.45) is 0 Å². The van der Waals surface area contributed by atoms with Crippen LogP contribution in [-0.2, 0) is 12.8 Å². The van der Waals surface area contributed by atoms with E-state index in [2.05, 4.69) is 0 Å². The molecule has 0 aliphatic heterocycles. The van der Waals surface area contributed by atoms with Gasteiger partial charge in [0.05, 0.1) is 7.11 Å². The first-order valence-electron chi connectivity index (χ1n) is 7.58. The fraction of sp³-hybridized carbons (Fsp3) is 0.368. The Morgan fingerprint density at radius 1 is 1.14 bits per heavy atom. The van der Waals surface area contributed by atoms with Gasteiger partial charge in [-0.2, -0.15) is 0 Å². The molecule has 2 rings (SSSR count). The quantitative estimate of drug-likeness (QED) is 0.738. The van der Waals surface area contributed by atoms with Crippen LogP contribution in [0.5, 0.6) is 5.75 Å². The van der Waals surface area contributed by atoms with Gasteiger partial charge in [-0.25, -0.2) is 8.78 Å². The van der Waals surface area contributed by atoms with Crippen LogP contribution in [0.4, 0.5) is 8.78 Å². The van der Waals surface area contributed by atoms with E-state index in [0.29, 0.717) is 35.3 Å². The van der Waals surface area contributed by atoms with Crippen molar-refractivity contribution in [2.75, 3.05) is 7.11 Å². The van der Waals surface area contributed by atoms with Gasteiger partial charge in [0.15, 0.2) is 0 Å². The summed E-state index contributed by atoms with van der Waals surface area (Å²) in [6, 6.07) is 8.72. The Morgan fingerprint density at radius 3 is 2.45 bits per heavy atom. The van der Waals surface area contributed by atoms with Crippen molar-refractivity contribution in [3.63, 3.8) is 0 Å². The van der Waals surface area contributed by atoms with Crippen molar-refractivity contribution in [2.45, 2.75) is 39.5 Å². The van der Waals surface area contributed by atoms with Gasteiger partial charge < -0.3 is 4.74 Å². The van der Waals surface area contributed by atoms with Gasteiger partial charge >= 0.3 is 0 Å². The highest BCUT2D eigenvalue weighted by Crippen LogP contribution is 2.29. The molecule has 0 aliphatic rings. The molecule has 0 N–H and O–H groups in total. The summed E-state index contributed by atoms with van der Waals surface area (Å²) in [5.74, 6) is 0.0180. The van der Waals surface area contributed by atoms with Crippen molar-refractivity contribution in [3.8, 4) is 5.75 Å². The molecule has 0 spiro atoms. The smallest absolute Gasteiger partial charge is 0.133 e. The Balaban J connectivity index is 2.30. The molecule has 0 bridgehead atoms. The molecule has 1 unspecified atom stereocenters. The average Bonchev–Trinajstić information content (AvgIpc) is 2.48. The number of methoxy groups -OCH3 is 1. The summed E-state index contributed by atoms with van der Waals surface area (Å²) in [6.45, 7) is 5.67. The molecule has 1 atom stereocenters. The summed E-state index contributed by atoms with van der Waals surface area (Å²) in [4.78, 5) is 0. The zero-order valence-corrected chi connectivity index (χ0v) is 13.5.